The number of carbonyl (C=O) groups is 2. The molecule has 0 unspecified atom stereocenters. The highest BCUT2D eigenvalue weighted by Gasteiger charge is 2.22. The molecule has 0 aromatic heterocycles. The van der Waals surface area contributed by atoms with Gasteiger partial charge in [-0.05, 0) is 36.2 Å². The van der Waals surface area contributed by atoms with Gasteiger partial charge >= 0.3 is 5.97 Å². The Labute approximate surface area is 161 Å². The van der Waals surface area contributed by atoms with Crippen molar-refractivity contribution in [3.8, 4) is 5.75 Å². The molecule has 0 heterocycles. The summed E-state index contributed by atoms with van der Waals surface area (Å²) in [6.45, 7) is 2.60. The maximum absolute atomic E-state index is 12.6. The van der Waals surface area contributed by atoms with Crippen LogP contribution in [0.4, 0.5) is 0 Å². The lowest BCUT2D eigenvalue weighted by molar-refractivity contribution is -0.137. The molecule has 0 radical (unpaired) electrons. The molecule has 2 aromatic carbocycles. The van der Waals surface area contributed by atoms with Crippen molar-refractivity contribution in [2.24, 2.45) is 0 Å². The van der Waals surface area contributed by atoms with Crippen molar-refractivity contribution in [2.75, 3.05) is 6.61 Å². The smallest absolute Gasteiger partial charge is 0.305 e. The van der Waals surface area contributed by atoms with Crippen LogP contribution in [-0.4, -0.2) is 23.6 Å². The van der Waals surface area contributed by atoms with Crippen molar-refractivity contribution in [3.05, 3.63) is 63.6 Å². The van der Waals surface area contributed by atoms with Crippen molar-refractivity contribution in [1.82, 2.24) is 5.32 Å². The largest absolute Gasteiger partial charge is 0.494 e. The lowest BCUT2D eigenvalue weighted by Gasteiger charge is -2.19. The number of benzene rings is 2. The Balaban J connectivity index is 2.22. The molecule has 0 bridgehead atoms. The second-order valence-electron chi connectivity index (χ2n) is 5.64. The third kappa shape index (κ3) is 5.38. The molecule has 0 aliphatic heterocycles. The van der Waals surface area contributed by atoms with Crippen LogP contribution in [-0.2, 0) is 4.79 Å². The zero-order chi connectivity index (χ0) is 19.1. The number of hydrogen-bond acceptors (Lipinski definition) is 3. The summed E-state index contributed by atoms with van der Waals surface area (Å²) in [6.07, 6.45) is 0.612. The van der Waals surface area contributed by atoms with Crippen molar-refractivity contribution < 1.29 is 19.4 Å². The van der Waals surface area contributed by atoms with E-state index in [2.05, 4.69) is 5.32 Å². The molecular formula is C19H19Cl2NO4. The lowest BCUT2D eigenvalue weighted by atomic mass is 10.0. The first-order chi connectivity index (χ1) is 12.4. The van der Waals surface area contributed by atoms with E-state index in [-0.39, 0.29) is 22.0 Å². The second kappa shape index (κ2) is 9.46. The number of halogens is 2. The number of ether oxygens (including phenoxy) is 1. The third-order valence-electron chi connectivity index (χ3n) is 3.63. The van der Waals surface area contributed by atoms with E-state index < -0.39 is 17.9 Å². The van der Waals surface area contributed by atoms with E-state index in [1.165, 1.54) is 0 Å². The van der Waals surface area contributed by atoms with Gasteiger partial charge in [-0.3, -0.25) is 9.59 Å². The van der Waals surface area contributed by atoms with Crippen LogP contribution in [0, 0.1) is 0 Å². The molecule has 0 saturated carbocycles. The molecule has 1 atom stereocenters. The molecule has 5 nitrogen and oxygen atoms in total. The maximum atomic E-state index is 12.6. The monoisotopic (exact) mass is 395 g/mol. The summed E-state index contributed by atoms with van der Waals surface area (Å²) < 4.78 is 5.51. The summed E-state index contributed by atoms with van der Waals surface area (Å²) in [5, 5.41) is 12.3. The molecule has 7 heteroatoms. The second-order valence-corrected chi connectivity index (χ2v) is 6.45. The van der Waals surface area contributed by atoms with E-state index in [1.807, 2.05) is 6.92 Å². The summed E-state index contributed by atoms with van der Waals surface area (Å²) >= 11 is 12.1. The summed E-state index contributed by atoms with van der Waals surface area (Å²) in [5.74, 6) is -0.879. The highest BCUT2D eigenvalue weighted by molar-refractivity contribution is 6.39. The van der Waals surface area contributed by atoms with Crippen LogP contribution in [0.15, 0.2) is 42.5 Å². The van der Waals surface area contributed by atoms with Gasteiger partial charge in [0.25, 0.3) is 5.91 Å². The Morgan fingerprint density at radius 3 is 2.27 bits per heavy atom. The van der Waals surface area contributed by atoms with E-state index in [0.717, 1.165) is 6.42 Å². The highest BCUT2D eigenvalue weighted by Crippen LogP contribution is 2.26. The Morgan fingerprint density at radius 1 is 1.12 bits per heavy atom. The zero-order valence-corrected chi connectivity index (χ0v) is 15.7. The minimum atomic E-state index is -1.04. The van der Waals surface area contributed by atoms with Crippen molar-refractivity contribution >= 4 is 35.1 Å². The average Bonchev–Trinajstić information content (AvgIpc) is 2.59. The number of carboxylic acids is 1. The number of carbonyl (C=O) groups excluding carboxylic acids is 1. The molecule has 0 spiro atoms. The molecule has 138 valence electrons. The van der Waals surface area contributed by atoms with Crippen LogP contribution in [0.25, 0.3) is 0 Å². The molecule has 2 rings (SSSR count). The fourth-order valence-electron chi connectivity index (χ4n) is 2.39. The summed E-state index contributed by atoms with van der Waals surface area (Å²) in [6, 6.07) is 10.9. The standard InChI is InChI=1S/C19H19Cl2NO4/c1-2-10-26-13-8-6-12(7-9-13)16(11-17(23)24)22-19(25)18-14(20)4-3-5-15(18)21/h3-9,16H,2,10-11H2,1H3,(H,22,25)(H,23,24)/t16-/m0/s1. The maximum Gasteiger partial charge on any atom is 0.305 e. The van der Waals surface area contributed by atoms with E-state index in [1.54, 1.807) is 42.5 Å². The van der Waals surface area contributed by atoms with Crippen LogP contribution < -0.4 is 10.1 Å². The summed E-state index contributed by atoms with van der Waals surface area (Å²) in [5.41, 5.74) is 0.766. The van der Waals surface area contributed by atoms with Gasteiger partial charge in [0.1, 0.15) is 5.75 Å². The molecule has 2 N–H and O–H groups in total. The van der Waals surface area contributed by atoms with Gasteiger partial charge in [0.15, 0.2) is 0 Å². The number of carboxylic acid groups (broad SMARTS) is 1. The van der Waals surface area contributed by atoms with Gasteiger partial charge in [-0.15, -0.1) is 0 Å². The predicted molar refractivity (Wildman–Crippen MR) is 101 cm³/mol. The van der Waals surface area contributed by atoms with Crippen LogP contribution in [0.1, 0.15) is 41.7 Å². The first-order valence-electron chi connectivity index (χ1n) is 8.11. The van der Waals surface area contributed by atoms with Crippen LogP contribution >= 0.6 is 23.2 Å². The normalized spacial score (nSPS) is 11.7. The van der Waals surface area contributed by atoms with Gasteiger partial charge in [-0.1, -0.05) is 48.3 Å². The van der Waals surface area contributed by atoms with E-state index in [4.69, 9.17) is 27.9 Å². The minimum Gasteiger partial charge on any atom is -0.494 e. The first-order valence-corrected chi connectivity index (χ1v) is 8.87. The number of hydrogen-bond donors (Lipinski definition) is 2. The van der Waals surface area contributed by atoms with Gasteiger partial charge in [0.05, 0.1) is 34.7 Å². The lowest BCUT2D eigenvalue weighted by Crippen LogP contribution is -2.30. The third-order valence-corrected chi connectivity index (χ3v) is 4.26. The van der Waals surface area contributed by atoms with Gasteiger partial charge < -0.3 is 15.2 Å². The number of rotatable bonds is 8. The van der Waals surface area contributed by atoms with Crippen LogP contribution in [0.5, 0.6) is 5.75 Å². The molecular weight excluding hydrogens is 377 g/mol. The molecule has 0 aliphatic carbocycles. The summed E-state index contributed by atoms with van der Waals surface area (Å²) in [7, 11) is 0. The molecule has 2 aromatic rings. The minimum absolute atomic E-state index is 0.120. The van der Waals surface area contributed by atoms with Gasteiger partial charge in [-0.25, -0.2) is 0 Å². The van der Waals surface area contributed by atoms with Gasteiger partial charge in [0, 0.05) is 0 Å². The topological polar surface area (TPSA) is 75.6 Å². The Morgan fingerprint density at radius 2 is 1.73 bits per heavy atom. The number of amides is 1. The zero-order valence-electron chi connectivity index (χ0n) is 14.2. The number of nitrogens with one attached hydrogen (secondary N) is 1. The van der Waals surface area contributed by atoms with E-state index in [0.29, 0.717) is 17.9 Å². The molecule has 1 amide bonds. The predicted octanol–water partition coefficient (Wildman–Crippen LogP) is 4.73. The van der Waals surface area contributed by atoms with Gasteiger partial charge in [-0.2, -0.15) is 0 Å². The molecule has 0 saturated heterocycles. The molecule has 0 aliphatic rings. The van der Waals surface area contributed by atoms with Crippen LogP contribution in [0.2, 0.25) is 10.0 Å². The van der Waals surface area contributed by atoms with Crippen molar-refractivity contribution in [1.29, 1.82) is 0 Å². The first kappa shape index (κ1) is 20.1. The summed E-state index contributed by atoms with van der Waals surface area (Å²) in [4.78, 5) is 23.8. The van der Waals surface area contributed by atoms with Crippen LogP contribution in [0.3, 0.4) is 0 Å². The highest BCUT2D eigenvalue weighted by atomic mass is 35.5. The van der Waals surface area contributed by atoms with E-state index >= 15 is 0 Å². The Kier molecular flexibility index (Phi) is 7.30. The molecule has 0 fully saturated rings. The fourth-order valence-corrected chi connectivity index (χ4v) is 2.96. The van der Waals surface area contributed by atoms with Crippen molar-refractivity contribution in [3.63, 3.8) is 0 Å². The Hall–Kier alpha value is -2.24. The molecule has 26 heavy (non-hydrogen) atoms. The van der Waals surface area contributed by atoms with Gasteiger partial charge in [0.2, 0.25) is 0 Å². The SMILES string of the molecule is CCCOc1ccc([C@H](CC(=O)O)NC(=O)c2c(Cl)cccc2Cl)cc1. The quantitative estimate of drug-likeness (QED) is 0.677. The Bertz CT molecular complexity index is 757. The average molecular weight is 396 g/mol. The fraction of sp³-hybridized carbons (Fsp3) is 0.263. The number of aliphatic carboxylic acids is 1. The van der Waals surface area contributed by atoms with E-state index in [9.17, 15) is 14.7 Å². The van der Waals surface area contributed by atoms with Crippen molar-refractivity contribution in [2.45, 2.75) is 25.8 Å².